The molecule has 2 rings (SSSR count). The van der Waals surface area contributed by atoms with E-state index in [4.69, 9.17) is 23.8 Å². The molecule has 8 nitrogen and oxygen atoms in total. The Kier molecular flexibility index (Phi) is 8.56. The van der Waals surface area contributed by atoms with Crippen LogP contribution in [0.5, 0.6) is 11.5 Å². The first-order chi connectivity index (χ1) is 12.7. The molecule has 0 radical (unpaired) electrons. The molecule has 9 heteroatoms. The first-order valence-electron chi connectivity index (χ1n) is 8.33. The van der Waals surface area contributed by atoms with E-state index in [2.05, 4.69) is 0 Å². The molecule has 144 valence electrons. The predicted molar refractivity (Wildman–Crippen MR) is 97.0 cm³/mol. The van der Waals surface area contributed by atoms with Crippen LogP contribution >= 0.6 is 12.0 Å². The monoisotopic (exact) mass is 384 g/mol. The van der Waals surface area contributed by atoms with Gasteiger partial charge in [0.05, 0.1) is 32.8 Å². The number of amides is 1. The highest BCUT2D eigenvalue weighted by Crippen LogP contribution is 2.34. The Balaban J connectivity index is 1.74. The van der Waals surface area contributed by atoms with Crippen LogP contribution in [0.3, 0.4) is 0 Å². The van der Waals surface area contributed by atoms with Gasteiger partial charge < -0.3 is 14.3 Å². The predicted octanol–water partition coefficient (Wildman–Crippen LogP) is 3.29. The number of carbonyl (C=O) groups is 1. The molecule has 1 aliphatic heterocycles. The maximum absolute atomic E-state index is 10.9. The van der Waals surface area contributed by atoms with Gasteiger partial charge in [0.25, 0.3) is 0 Å². The molecule has 1 heterocycles. The van der Waals surface area contributed by atoms with E-state index in [1.165, 1.54) is 5.23 Å². The number of unbranched alkanes of at least 4 members (excludes halogenated alkanes) is 3. The molecule has 1 aromatic rings. The van der Waals surface area contributed by atoms with Gasteiger partial charge in [-0.2, -0.15) is 4.28 Å². The summed E-state index contributed by atoms with van der Waals surface area (Å²) in [5.74, 6) is 1.06. The van der Waals surface area contributed by atoms with Crippen LogP contribution in [0.4, 0.5) is 0 Å². The lowest BCUT2D eigenvalue weighted by atomic mass is 10.1. The standard InChI is InChI=1S/C17H24N2O6S/c1-22-14-9-8-13(15(12-14)23-2)11-17-24-19(25-26-17)10-6-4-3-5-7-16(20)18-21/h8-9,11-12,21H,3-7,10H2,1-2H3,(H,18,20)/b17-11-. The second kappa shape index (κ2) is 10.9. The molecular formula is C17H24N2O6S. The van der Waals surface area contributed by atoms with Crippen molar-refractivity contribution < 1.29 is 28.6 Å². The second-order valence-electron chi connectivity index (χ2n) is 5.58. The number of rotatable bonds is 10. The van der Waals surface area contributed by atoms with Crippen molar-refractivity contribution in [2.45, 2.75) is 32.1 Å². The van der Waals surface area contributed by atoms with Gasteiger partial charge in [0.15, 0.2) is 0 Å². The van der Waals surface area contributed by atoms with Gasteiger partial charge in [-0.05, 0) is 30.2 Å². The van der Waals surface area contributed by atoms with Crippen LogP contribution < -0.4 is 15.0 Å². The van der Waals surface area contributed by atoms with Crippen molar-refractivity contribution in [1.82, 2.24) is 10.7 Å². The van der Waals surface area contributed by atoms with E-state index in [0.29, 0.717) is 23.8 Å². The first kappa shape index (κ1) is 20.4. The van der Waals surface area contributed by atoms with Gasteiger partial charge in [0.1, 0.15) is 11.5 Å². The van der Waals surface area contributed by atoms with Crippen molar-refractivity contribution in [3.05, 3.63) is 28.9 Å². The summed E-state index contributed by atoms with van der Waals surface area (Å²) >= 11 is 1.15. The minimum Gasteiger partial charge on any atom is -0.497 e. The van der Waals surface area contributed by atoms with Gasteiger partial charge >= 0.3 is 0 Å². The van der Waals surface area contributed by atoms with Crippen molar-refractivity contribution >= 4 is 24.0 Å². The van der Waals surface area contributed by atoms with Gasteiger partial charge in [-0.3, -0.25) is 10.0 Å². The molecule has 1 saturated heterocycles. The van der Waals surface area contributed by atoms with E-state index >= 15 is 0 Å². The van der Waals surface area contributed by atoms with Crippen molar-refractivity contribution in [3.63, 3.8) is 0 Å². The molecule has 1 fully saturated rings. The Morgan fingerprint density at radius 2 is 2.08 bits per heavy atom. The molecule has 2 N–H and O–H groups in total. The van der Waals surface area contributed by atoms with Crippen LogP contribution in [0.2, 0.25) is 0 Å². The molecule has 1 aromatic carbocycles. The SMILES string of the molecule is COc1ccc(/C=C2/ON(CCCCCCC(=O)NO)OS2)c(OC)c1. The third kappa shape index (κ3) is 6.41. The fourth-order valence-corrected chi connectivity index (χ4v) is 2.89. The highest BCUT2D eigenvalue weighted by atomic mass is 32.2. The molecular weight excluding hydrogens is 360 g/mol. The van der Waals surface area contributed by atoms with Crippen molar-refractivity contribution in [1.29, 1.82) is 0 Å². The van der Waals surface area contributed by atoms with Crippen LogP contribution in [0.15, 0.2) is 23.3 Å². The number of nitrogens with one attached hydrogen (secondary N) is 1. The molecule has 0 bridgehead atoms. The molecule has 0 aromatic heterocycles. The lowest BCUT2D eigenvalue weighted by molar-refractivity contribution is -0.259. The quantitative estimate of drug-likeness (QED) is 0.275. The van der Waals surface area contributed by atoms with Crippen LogP contribution in [-0.4, -0.2) is 37.1 Å². The summed E-state index contributed by atoms with van der Waals surface area (Å²) in [5, 5.41) is 10.5. The summed E-state index contributed by atoms with van der Waals surface area (Å²) in [5.41, 5.74) is 2.49. The van der Waals surface area contributed by atoms with Gasteiger partial charge in [0, 0.05) is 24.1 Å². The van der Waals surface area contributed by atoms with Crippen molar-refractivity contribution in [2.75, 3.05) is 20.8 Å². The van der Waals surface area contributed by atoms with E-state index in [0.717, 1.165) is 49.0 Å². The fourth-order valence-electron chi connectivity index (χ4n) is 2.34. The van der Waals surface area contributed by atoms with Crippen LogP contribution in [0, 0.1) is 0 Å². The average Bonchev–Trinajstić information content (AvgIpc) is 3.11. The third-order valence-corrected chi connectivity index (χ3v) is 4.33. The topological polar surface area (TPSA) is 89.5 Å². The normalized spacial score (nSPS) is 15.7. The zero-order valence-corrected chi connectivity index (χ0v) is 15.7. The minimum atomic E-state index is -0.351. The van der Waals surface area contributed by atoms with Crippen molar-refractivity contribution in [3.8, 4) is 11.5 Å². The van der Waals surface area contributed by atoms with Gasteiger partial charge in [-0.15, -0.1) is 0 Å². The van der Waals surface area contributed by atoms with E-state index in [1.807, 2.05) is 24.3 Å². The molecule has 0 saturated carbocycles. The number of benzene rings is 1. The highest BCUT2D eigenvalue weighted by Gasteiger charge is 2.21. The summed E-state index contributed by atoms with van der Waals surface area (Å²) in [4.78, 5) is 16.5. The number of ether oxygens (including phenoxy) is 2. The number of hydrogen-bond acceptors (Lipinski definition) is 8. The number of nitrogens with zero attached hydrogens (tertiary/aromatic N) is 1. The summed E-state index contributed by atoms with van der Waals surface area (Å²) in [6.07, 6.45) is 5.64. The second-order valence-corrected chi connectivity index (χ2v) is 6.29. The van der Waals surface area contributed by atoms with Gasteiger partial charge in [-0.1, -0.05) is 12.8 Å². The Labute approximate surface area is 157 Å². The largest absolute Gasteiger partial charge is 0.497 e. The number of methoxy groups -OCH3 is 2. The fraction of sp³-hybridized carbons (Fsp3) is 0.471. The average molecular weight is 384 g/mol. The molecule has 26 heavy (non-hydrogen) atoms. The Morgan fingerprint density at radius 1 is 1.27 bits per heavy atom. The summed E-state index contributed by atoms with van der Waals surface area (Å²) in [7, 11) is 3.21. The molecule has 1 amide bonds. The van der Waals surface area contributed by atoms with Crippen LogP contribution in [-0.2, 0) is 13.9 Å². The molecule has 0 aliphatic carbocycles. The zero-order valence-electron chi connectivity index (χ0n) is 14.9. The Hall–Kier alpha value is -1.94. The molecule has 0 unspecified atom stereocenters. The maximum Gasteiger partial charge on any atom is 0.243 e. The van der Waals surface area contributed by atoms with Gasteiger partial charge in [-0.25, -0.2) is 5.48 Å². The zero-order chi connectivity index (χ0) is 18.8. The summed E-state index contributed by atoms with van der Waals surface area (Å²) in [6, 6.07) is 5.55. The number of hydrogen-bond donors (Lipinski definition) is 2. The van der Waals surface area contributed by atoms with Gasteiger partial charge in [0.2, 0.25) is 11.0 Å². The Morgan fingerprint density at radius 3 is 2.81 bits per heavy atom. The van der Waals surface area contributed by atoms with Crippen molar-refractivity contribution in [2.24, 2.45) is 0 Å². The number of hydroxylamine groups is 3. The maximum atomic E-state index is 10.9. The van der Waals surface area contributed by atoms with E-state index < -0.39 is 0 Å². The molecule has 1 aliphatic rings. The summed E-state index contributed by atoms with van der Waals surface area (Å²) in [6.45, 7) is 0.621. The van der Waals surface area contributed by atoms with Crippen LogP contribution in [0.1, 0.15) is 37.7 Å². The molecule has 0 spiro atoms. The van der Waals surface area contributed by atoms with E-state index in [1.54, 1.807) is 19.7 Å². The number of carbonyl (C=O) groups excluding carboxylic acids is 1. The van der Waals surface area contributed by atoms with E-state index in [9.17, 15) is 4.79 Å². The lowest BCUT2D eigenvalue weighted by Gasteiger charge is -2.10. The summed E-state index contributed by atoms with van der Waals surface area (Å²) < 4.78 is 16.0. The Bertz CT molecular complexity index is 625. The molecule has 0 atom stereocenters. The smallest absolute Gasteiger partial charge is 0.243 e. The van der Waals surface area contributed by atoms with E-state index in [-0.39, 0.29) is 5.91 Å². The highest BCUT2D eigenvalue weighted by molar-refractivity contribution is 7.98. The first-order valence-corrected chi connectivity index (χ1v) is 9.07. The minimum absolute atomic E-state index is 0.333. The van der Waals surface area contributed by atoms with Crippen LogP contribution in [0.25, 0.3) is 6.08 Å². The third-order valence-electron chi connectivity index (χ3n) is 3.73. The lowest BCUT2D eigenvalue weighted by Crippen LogP contribution is -2.18.